The van der Waals surface area contributed by atoms with E-state index in [0.717, 1.165) is 18.5 Å². The third-order valence-corrected chi connectivity index (χ3v) is 4.32. The Hall–Kier alpha value is -2.77. The van der Waals surface area contributed by atoms with Gasteiger partial charge in [-0.1, -0.05) is 5.16 Å². The molecule has 0 unspecified atom stereocenters. The van der Waals surface area contributed by atoms with Gasteiger partial charge in [0.15, 0.2) is 0 Å². The first-order valence-corrected chi connectivity index (χ1v) is 8.26. The highest BCUT2D eigenvalue weighted by atomic mass is 16.5. The van der Waals surface area contributed by atoms with Gasteiger partial charge in [-0.2, -0.15) is 0 Å². The summed E-state index contributed by atoms with van der Waals surface area (Å²) >= 11 is 0. The summed E-state index contributed by atoms with van der Waals surface area (Å²) in [6.07, 6.45) is 5.03. The number of hydrogen-bond acceptors (Lipinski definition) is 6. The van der Waals surface area contributed by atoms with Crippen molar-refractivity contribution in [2.24, 2.45) is 0 Å². The van der Waals surface area contributed by atoms with Crippen molar-refractivity contribution >= 4 is 11.8 Å². The van der Waals surface area contributed by atoms with Crippen LogP contribution in [0.5, 0.6) is 0 Å². The molecule has 0 radical (unpaired) electrons. The highest BCUT2D eigenvalue weighted by Gasteiger charge is 2.34. The van der Waals surface area contributed by atoms with Crippen molar-refractivity contribution in [3.05, 3.63) is 40.8 Å². The Labute approximate surface area is 145 Å². The van der Waals surface area contributed by atoms with Crippen LogP contribution in [0, 0.1) is 13.8 Å². The van der Waals surface area contributed by atoms with Crippen LogP contribution in [0.15, 0.2) is 16.9 Å². The molecule has 132 valence electrons. The summed E-state index contributed by atoms with van der Waals surface area (Å²) in [6, 6.07) is -0.133. The molecule has 8 heteroatoms. The van der Waals surface area contributed by atoms with Crippen LogP contribution in [0.25, 0.3) is 0 Å². The Kier molecular flexibility index (Phi) is 4.78. The number of aromatic nitrogens is 3. The van der Waals surface area contributed by atoms with Gasteiger partial charge in [0, 0.05) is 13.5 Å². The second kappa shape index (κ2) is 7.00. The van der Waals surface area contributed by atoms with Crippen LogP contribution >= 0.6 is 0 Å². The SMILES string of the molecule is CC(=O)NCc1cncc([C@H]2CCCN2C(=O)c2c(C)noc2C)n1. The van der Waals surface area contributed by atoms with Crippen molar-refractivity contribution < 1.29 is 14.1 Å². The topological polar surface area (TPSA) is 101 Å². The standard InChI is InChI=1S/C17H21N5O3/c1-10-16(11(2)25-21-10)17(24)22-6-4-5-15(22)14-9-18-7-13(20-14)8-19-12(3)23/h7,9,15H,4-6,8H2,1-3H3,(H,19,23)/t15-/m1/s1. The van der Waals surface area contributed by atoms with Crippen molar-refractivity contribution in [3.8, 4) is 0 Å². The Morgan fingerprint density at radius 3 is 2.84 bits per heavy atom. The monoisotopic (exact) mass is 343 g/mol. The second-order valence-electron chi connectivity index (χ2n) is 6.20. The minimum Gasteiger partial charge on any atom is -0.361 e. The molecule has 0 spiro atoms. The fraction of sp³-hybridized carbons (Fsp3) is 0.471. The minimum atomic E-state index is -0.133. The number of aryl methyl sites for hydroxylation is 2. The summed E-state index contributed by atoms with van der Waals surface area (Å²) in [7, 11) is 0. The molecule has 3 rings (SSSR count). The zero-order valence-electron chi connectivity index (χ0n) is 14.6. The minimum absolute atomic E-state index is 0.0900. The Morgan fingerprint density at radius 1 is 1.36 bits per heavy atom. The highest BCUT2D eigenvalue weighted by molar-refractivity contribution is 5.96. The van der Waals surface area contributed by atoms with Gasteiger partial charge >= 0.3 is 0 Å². The smallest absolute Gasteiger partial charge is 0.259 e. The number of carbonyl (C=O) groups excluding carboxylic acids is 2. The molecular weight excluding hydrogens is 322 g/mol. The first-order valence-electron chi connectivity index (χ1n) is 8.26. The summed E-state index contributed by atoms with van der Waals surface area (Å²) in [4.78, 5) is 34.6. The van der Waals surface area contributed by atoms with Gasteiger partial charge in [-0.05, 0) is 26.7 Å². The zero-order chi connectivity index (χ0) is 18.0. The molecule has 2 aromatic rings. The number of nitrogens with zero attached hydrogens (tertiary/aromatic N) is 4. The van der Waals surface area contributed by atoms with E-state index in [9.17, 15) is 9.59 Å². The van der Waals surface area contributed by atoms with Gasteiger partial charge < -0.3 is 14.7 Å². The van der Waals surface area contributed by atoms with Crippen LogP contribution in [-0.4, -0.2) is 38.4 Å². The lowest BCUT2D eigenvalue weighted by Gasteiger charge is -2.24. The van der Waals surface area contributed by atoms with Gasteiger partial charge in [0.05, 0.1) is 42.1 Å². The molecule has 8 nitrogen and oxygen atoms in total. The van der Waals surface area contributed by atoms with Gasteiger partial charge in [-0.3, -0.25) is 19.6 Å². The second-order valence-corrected chi connectivity index (χ2v) is 6.20. The van der Waals surface area contributed by atoms with Crippen LogP contribution in [0.4, 0.5) is 0 Å². The summed E-state index contributed by atoms with van der Waals surface area (Å²) in [5.74, 6) is 0.315. The number of likely N-dealkylation sites (tertiary alicyclic amines) is 1. The van der Waals surface area contributed by atoms with Crippen molar-refractivity contribution in [1.82, 2.24) is 25.3 Å². The van der Waals surface area contributed by atoms with Crippen molar-refractivity contribution in [2.45, 2.75) is 46.2 Å². The maximum atomic E-state index is 13.0. The van der Waals surface area contributed by atoms with E-state index < -0.39 is 0 Å². The van der Waals surface area contributed by atoms with Crippen LogP contribution in [0.1, 0.15) is 59.0 Å². The zero-order valence-corrected chi connectivity index (χ0v) is 14.6. The summed E-state index contributed by atoms with van der Waals surface area (Å²) in [6.45, 7) is 5.94. The quantitative estimate of drug-likeness (QED) is 0.906. The molecule has 2 amide bonds. The van der Waals surface area contributed by atoms with Gasteiger partial charge in [-0.15, -0.1) is 0 Å². The molecule has 3 heterocycles. The van der Waals surface area contributed by atoms with Crippen LogP contribution in [0.3, 0.4) is 0 Å². The number of carbonyl (C=O) groups is 2. The van der Waals surface area contributed by atoms with Crippen molar-refractivity contribution in [3.63, 3.8) is 0 Å². The molecule has 2 aromatic heterocycles. The van der Waals surface area contributed by atoms with E-state index in [1.165, 1.54) is 6.92 Å². The summed E-state index contributed by atoms with van der Waals surface area (Å²) in [5.41, 5.74) is 2.53. The van der Waals surface area contributed by atoms with Crippen molar-refractivity contribution in [2.75, 3.05) is 6.54 Å². The number of nitrogens with one attached hydrogen (secondary N) is 1. The van der Waals surface area contributed by atoms with E-state index in [-0.39, 0.29) is 17.9 Å². The predicted molar refractivity (Wildman–Crippen MR) is 88.5 cm³/mol. The van der Waals surface area contributed by atoms with Crippen LogP contribution < -0.4 is 5.32 Å². The predicted octanol–water partition coefficient (Wildman–Crippen LogP) is 1.69. The van der Waals surface area contributed by atoms with E-state index >= 15 is 0 Å². The molecule has 0 bridgehead atoms. The number of amides is 2. The normalized spacial score (nSPS) is 16.9. The number of rotatable bonds is 4. The molecule has 1 fully saturated rings. The van der Waals surface area contributed by atoms with Crippen LogP contribution in [0.2, 0.25) is 0 Å². The Balaban J connectivity index is 1.83. The third-order valence-electron chi connectivity index (χ3n) is 4.32. The lowest BCUT2D eigenvalue weighted by molar-refractivity contribution is -0.119. The van der Waals surface area contributed by atoms with E-state index in [2.05, 4.69) is 20.4 Å². The number of hydrogen-bond donors (Lipinski definition) is 1. The molecule has 25 heavy (non-hydrogen) atoms. The first kappa shape index (κ1) is 17.1. The molecule has 1 atom stereocenters. The average molecular weight is 343 g/mol. The van der Waals surface area contributed by atoms with Crippen LogP contribution in [-0.2, 0) is 11.3 Å². The molecule has 1 N–H and O–H groups in total. The van der Waals surface area contributed by atoms with E-state index in [1.807, 2.05) is 0 Å². The average Bonchev–Trinajstić information content (AvgIpc) is 3.20. The fourth-order valence-corrected chi connectivity index (χ4v) is 3.13. The Morgan fingerprint density at radius 2 is 2.16 bits per heavy atom. The molecule has 1 aliphatic rings. The van der Waals surface area contributed by atoms with Gasteiger partial charge in [0.1, 0.15) is 11.3 Å². The summed E-state index contributed by atoms with van der Waals surface area (Å²) in [5, 5.41) is 6.58. The van der Waals surface area contributed by atoms with Gasteiger partial charge in [0.25, 0.3) is 5.91 Å². The molecule has 0 saturated carbocycles. The van der Waals surface area contributed by atoms with E-state index in [0.29, 0.717) is 35.8 Å². The lowest BCUT2D eigenvalue weighted by Crippen LogP contribution is -2.32. The maximum Gasteiger partial charge on any atom is 0.259 e. The third kappa shape index (κ3) is 3.52. The molecule has 0 aromatic carbocycles. The van der Waals surface area contributed by atoms with E-state index in [1.54, 1.807) is 31.1 Å². The molecule has 1 saturated heterocycles. The Bertz CT molecular complexity index is 782. The van der Waals surface area contributed by atoms with Gasteiger partial charge in [0.2, 0.25) is 5.91 Å². The fourth-order valence-electron chi connectivity index (χ4n) is 3.13. The first-order chi connectivity index (χ1) is 12.0. The van der Waals surface area contributed by atoms with Crippen molar-refractivity contribution in [1.29, 1.82) is 0 Å². The highest BCUT2D eigenvalue weighted by Crippen LogP contribution is 2.32. The maximum absolute atomic E-state index is 13.0. The molecule has 0 aliphatic carbocycles. The molecule has 1 aliphatic heterocycles. The largest absolute Gasteiger partial charge is 0.361 e. The summed E-state index contributed by atoms with van der Waals surface area (Å²) < 4.78 is 5.12. The van der Waals surface area contributed by atoms with Gasteiger partial charge in [-0.25, -0.2) is 0 Å². The van der Waals surface area contributed by atoms with E-state index in [4.69, 9.17) is 4.52 Å². The molecular formula is C17H21N5O3. The lowest BCUT2D eigenvalue weighted by atomic mass is 10.1.